The van der Waals surface area contributed by atoms with Gasteiger partial charge >= 0.3 is 12.4 Å². The molecule has 0 heterocycles. The number of halogens is 6. The number of primary amides is 1. The van der Waals surface area contributed by atoms with E-state index in [0.29, 0.717) is 12.1 Å². The third kappa shape index (κ3) is 5.90. The zero-order valence-corrected chi connectivity index (χ0v) is 17.7. The maximum atomic E-state index is 13.9. The minimum absolute atomic E-state index is 0.0108. The smallest absolute Gasteiger partial charge is 0.373 e. The molecule has 0 spiro atoms. The SMILES string of the molecule is NCNc1ccc(-c2ccc(NC(=O)c3ccc(C(N)=O)cc3)cc2C(F)(F)F)c(C(F)(F)F)c1. The van der Waals surface area contributed by atoms with Gasteiger partial charge in [0, 0.05) is 22.5 Å². The summed E-state index contributed by atoms with van der Waals surface area (Å²) in [6.45, 7) is -0.176. The first-order valence-electron chi connectivity index (χ1n) is 9.89. The van der Waals surface area contributed by atoms with Crippen LogP contribution in [0.1, 0.15) is 31.8 Å². The van der Waals surface area contributed by atoms with Crippen molar-refractivity contribution in [2.45, 2.75) is 12.4 Å². The molecule has 0 aliphatic heterocycles. The molecule has 35 heavy (non-hydrogen) atoms. The summed E-state index contributed by atoms with van der Waals surface area (Å²) in [5.74, 6) is -1.53. The van der Waals surface area contributed by atoms with Crippen LogP contribution in [0.5, 0.6) is 0 Å². The minimum atomic E-state index is -5.03. The van der Waals surface area contributed by atoms with Crippen molar-refractivity contribution in [2.75, 3.05) is 17.3 Å². The maximum absolute atomic E-state index is 13.9. The second-order valence-electron chi connectivity index (χ2n) is 7.29. The normalized spacial score (nSPS) is 11.7. The summed E-state index contributed by atoms with van der Waals surface area (Å²) in [7, 11) is 0. The van der Waals surface area contributed by atoms with Gasteiger partial charge in [0.05, 0.1) is 17.8 Å². The molecular weight excluding hydrogens is 478 g/mol. The molecule has 0 unspecified atom stereocenters. The number of nitrogens with one attached hydrogen (secondary N) is 2. The number of amides is 2. The standard InChI is InChI=1S/C23H18F6N4O2/c24-22(25,26)18-9-14(32-11-30)5-7-16(18)17-8-6-15(10-19(17)23(27,28)29)33-21(35)13-3-1-12(2-4-13)20(31)34/h1-10,32H,11,30H2,(H2,31,34)(H,33,35). The third-order valence-corrected chi connectivity index (χ3v) is 4.94. The Balaban J connectivity index is 2.03. The summed E-state index contributed by atoms with van der Waals surface area (Å²) in [4.78, 5) is 23.5. The number of nitrogens with two attached hydrogens (primary N) is 2. The van der Waals surface area contributed by atoms with Crippen molar-refractivity contribution in [3.8, 4) is 11.1 Å². The molecule has 2 amide bonds. The molecule has 0 fully saturated rings. The molecule has 184 valence electrons. The Labute approximate surface area is 194 Å². The Morgan fingerprint density at radius 3 is 1.63 bits per heavy atom. The molecular formula is C23H18F6N4O2. The molecule has 6 N–H and O–H groups in total. The maximum Gasteiger partial charge on any atom is 0.417 e. The summed E-state index contributed by atoms with van der Waals surface area (Å²) in [5, 5.41) is 4.75. The summed E-state index contributed by atoms with van der Waals surface area (Å²) >= 11 is 0. The lowest BCUT2D eigenvalue weighted by molar-refractivity contribution is -0.139. The zero-order valence-electron chi connectivity index (χ0n) is 17.7. The largest absolute Gasteiger partial charge is 0.417 e. The van der Waals surface area contributed by atoms with E-state index in [1.165, 1.54) is 30.3 Å². The first kappa shape index (κ1) is 25.6. The van der Waals surface area contributed by atoms with Crippen molar-refractivity contribution in [1.29, 1.82) is 0 Å². The molecule has 3 aromatic rings. The lowest BCUT2D eigenvalue weighted by Crippen LogP contribution is -2.16. The summed E-state index contributed by atoms with van der Waals surface area (Å²) in [5.41, 5.74) is 6.18. The van der Waals surface area contributed by atoms with Gasteiger partial charge in [-0.25, -0.2) is 0 Å². The third-order valence-electron chi connectivity index (χ3n) is 4.94. The summed E-state index contributed by atoms with van der Waals surface area (Å²) < 4.78 is 82.6. The van der Waals surface area contributed by atoms with Gasteiger partial charge in [0.15, 0.2) is 0 Å². The fraction of sp³-hybridized carbons (Fsp3) is 0.130. The molecule has 0 saturated heterocycles. The average Bonchev–Trinajstić information content (AvgIpc) is 2.78. The van der Waals surface area contributed by atoms with E-state index in [4.69, 9.17) is 11.5 Å². The number of alkyl halides is 6. The van der Waals surface area contributed by atoms with Gasteiger partial charge in [-0.05, 0) is 59.7 Å². The molecule has 0 atom stereocenters. The molecule has 3 rings (SSSR count). The number of benzene rings is 3. The quantitative estimate of drug-likeness (QED) is 0.282. The second-order valence-corrected chi connectivity index (χ2v) is 7.29. The predicted molar refractivity (Wildman–Crippen MR) is 117 cm³/mol. The fourth-order valence-electron chi connectivity index (χ4n) is 3.32. The lowest BCUT2D eigenvalue weighted by Gasteiger charge is -2.20. The van der Waals surface area contributed by atoms with Crippen LogP contribution in [0, 0.1) is 0 Å². The van der Waals surface area contributed by atoms with Gasteiger partial charge in [0.25, 0.3) is 5.91 Å². The van der Waals surface area contributed by atoms with Crippen molar-refractivity contribution >= 4 is 23.2 Å². The Hall–Kier alpha value is -4.06. The first-order valence-corrected chi connectivity index (χ1v) is 9.89. The summed E-state index contributed by atoms with van der Waals surface area (Å²) in [6.07, 6.45) is -9.98. The molecule has 0 aromatic heterocycles. The van der Waals surface area contributed by atoms with Crippen LogP contribution in [0.2, 0.25) is 0 Å². The van der Waals surface area contributed by atoms with Crippen LogP contribution in [0.15, 0.2) is 60.7 Å². The van der Waals surface area contributed by atoms with Gasteiger partial charge in [-0.1, -0.05) is 12.1 Å². The van der Waals surface area contributed by atoms with Gasteiger partial charge in [0.2, 0.25) is 5.91 Å². The highest BCUT2D eigenvalue weighted by Gasteiger charge is 2.38. The van der Waals surface area contributed by atoms with Gasteiger partial charge in [-0.15, -0.1) is 0 Å². The summed E-state index contributed by atoms with van der Waals surface area (Å²) in [6, 6.07) is 10.3. The van der Waals surface area contributed by atoms with Gasteiger partial charge in [-0.3, -0.25) is 9.59 Å². The van der Waals surface area contributed by atoms with E-state index in [2.05, 4.69) is 10.6 Å². The van der Waals surface area contributed by atoms with Crippen LogP contribution in [0.25, 0.3) is 11.1 Å². The molecule has 3 aromatic carbocycles. The van der Waals surface area contributed by atoms with E-state index in [1.807, 2.05) is 0 Å². The Bertz CT molecular complexity index is 1250. The fourth-order valence-corrected chi connectivity index (χ4v) is 3.32. The average molecular weight is 496 g/mol. The number of hydrogen-bond donors (Lipinski definition) is 4. The minimum Gasteiger partial charge on any atom is -0.373 e. The Kier molecular flexibility index (Phi) is 7.06. The Morgan fingerprint density at radius 2 is 1.17 bits per heavy atom. The first-order chi connectivity index (χ1) is 16.3. The van der Waals surface area contributed by atoms with Crippen LogP contribution in [-0.2, 0) is 12.4 Å². The molecule has 0 aliphatic rings. The predicted octanol–water partition coefficient (Wildman–Crippen LogP) is 5.07. The van der Waals surface area contributed by atoms with E-state index >= 15 is 0 Å². The van der Waals surface area contributed by atoms with Gasteiger partial charge < -0.3 is 22.1 Å². The van der Waals surface area contributed by atoms with E-state index in [0.717, 1.165) is 18.2 Å². The van der Waals surface area contributed by atoms with E-state index in [9.17, 15) is 35.9 Å². The van der Waals surface area contributed by atoms with Crippen molar-refractivity contribution in [3.05, 3.63) is 82.9 Å². The highest BCUT2D eigenvalue weighted by Crippen LogP contribution is 2.44. The number of anilines is 2. The highest BCUT2D eigenvalue weighted by molar-refractivity contribution is 6.05. The van der Waals surface area contributed by atoms with E-state index < -0.39 is 46.4 Å². The number of hydrogen-bond acceptors (Lipinski definition) is 4. The van der Waals surface area contributed by atoms with Gasteiger partial charge in [-0.2, -0.15) is 26.3 Å². The van der Waals surface area contributed by atoms with Crippen LogP contribution in [0.4, 0.5) is 37.7 Å². The van der Waals surface area contributed by atoms with Crippen molar-refractivity contribution < 1.29 is 35.9 Å². The van der Waals surface area contributed by atoms with E-state index in [1.54, 1.807) is 0 Å². The van der Waals surface area contributed by atoms with Gasteiger partial charge in [0.1, 0.15) is 0 Å². The lowest BCUT2D eigenvalue weighted by atomic mass is 9.93. The second kappa shape index (κ2) is 9.66. The van der Waals surface area contributed by atoms with E-state index in [-0.39, 0.29) is 29.2 Å². The zero-order chi connectivity index (χ0) is 26.0. The molecule has 12 heteroatoms. The Morgan fingerprint density at radius 1 is 0.714 bits per heavy atom. The molecule has 0 aliphatic carbocycles. The number of rotatable bonds is 6. The molecule has 6 nitrogen and oxygen atoms in total. The number of carbonyl (C=O) groups excluding carboxylic acids is 2. The molecule has 0 saturated carbocycles. The highest BCUT2D eigenvalue weighted by atomic mass is 19.4. The monoisotopic (exact) mass is 496 g/mol. The van der Waals surface area contributed by atoms with Crippen molar-refractivity contribution in [1.82, 2.24) is 0 Å². The van der Waals surface area contributed by atoms with Crippen LogP contribution < -0.4 is 22.1 Å². The number of carbonyl (C=O) groups is 2. The molecule has 0 radical (unpaired) electrons. The molecule has 0 bridgehead atoms. The van der Waals surface area contributed by atoms with Crippen LogP contribution in [-0.4, -0.2) is 18.5 Å². The topological polar surface area (TPSA) is 110 Å². The van der Waals surface area contributed by atoms with Crippen LogP contribution >= 0.6 is 0 Å². The van der Waals surface area contributed by atoms with Crippen molar-refractivity contribution in [2.24, 2.45) is 11.5 Å². The van der Waals surface area contributed by atoms with Crippen molar-refractivity contribution in [3.63, 3.8) is 0 Å². The van der Waals surface area contributed by atoms with Crippen LogP contribution in [0.3, 0.4) is 0 Å².